The molecule has 1 aliphatic rings. The Kier molecular flexibility index (Phi) is 8.22. The summed E-state index contributed by atoms with van der Waals surface area (Å²) in [6.07, 6.45) is -3.96. The number of ether oxygens (including phenoxy) is 2. The van der Waals surface area contributed by atoms with Crippen molar-refractivity contribution >= 4 is 25.1 Å². The van der Waals surface area contributed by atoms with Crippen LogP contribution in [0.25, 0.3) is 5.52 Å². The van der Waals surface area contributed by atoms with Crippen LogP contribution in [0.2, 0.25) is 0 Å². The fourth-order valence-electron chi connectivity index (χ4n) is 4.06. The topological polar surface area (TPSA) is 204 Å². The van der Waals surface area contributed by atoms with Crippen molar-refractivity contribution in [3.8, 4) is 11.8 Å². The summed E-state index contributed by atoms with van der Waals surface area (Å²) in [5.41, 5.74) is 4.25. The molecule has 14 nitrogen and oxygen atoms in total. The highest BCUT2D eigenvalue weighted by molar-refractivity contribution is 7.52. The molecule has 5 N–H and O–H groups in total. The van der Waals surface area contributed by atoms with Gasteiger partial charge in [0, 0.05) is 0 Å². The second kappa shape index (κ2) is 11.3. The Bertz CT molecular complexity index is 1410. The first-order valence-corrected chi connectivity index (χ1v) is 13.6. The number of anilines is 1. The maximum Gasteiger partial charge on any atom is 0.459 e. The van der Waals surface area contributed by atoms with E-state index in [1.807, 2.05) is 6.07 Å². The number of carbonyl (C=O) groups is 1. The zero-order valence-electron chi connectivity index (χ0n) is 21.4. The normalized spacial score (nSPS) is 25.2. The Hall–Kier alpha value is -3.57. The van der Waals surface area contributed by atoms with Gasteiger partial charge in [0.1, 0.15) is 48.0 Å². The second-order valence-corrected chi connectivity index (χ2v) is 10.8. The molecule has 0 aliphatic carbocycles. The van der Waals surface area contributed by atoms with Gasteiger partial charge in [-0.05, 0) is 45.0 Å². The quantitative estimate of drug-likeness (QED) is 0.204. The van der Waals surface area contributed by atoms with Gasteiger partial charge >= 0.3 is 13.7 Å². The predicted molar refractivity (Wildman–Crippen MR) is 136 cm³/mol. The van der Waals surface area contributed by atoms with Gasteiger partial charge in [-0.25, -0.2) is 14.1 Å². The van der Waals surface area contributed by atoms with E-state index in [9.17, 15) is 24.8 Å². The van der Waals surface area contributed by atoms with Gasteiger partial charge < -0.3 is 29.9 Å². The van der Waals surface area contributed by atoms with Gasteiger partial charge in [0.15, 0.2) is 5.82 Å². The molecule has 0 spiro atoms. The van der Waals surface area contributed by atoms with Crippen LogP contribution in [0.3, 0.4) is 0 Å². The molecule has 39 heavy (non-hydrogen) atoms. The van der Waals surface area contributed by atoms with Crippen molar-refractivity contribution in [1.29, 1.82) is 5.26 Å². The minimum absolute atomic E-state index is 0.0926. The van der Waals surface area contributed by atoms with Gasteiger partial charge in [-0.3, -0.25) is 9.32 Å². The van der Waals surface area contributed by atoms with Crippen molar-refractivity contribution in [2.75, 3.05) is 12.3 Å². The Morgan fingerprint density at radius 2 is 2.00 bits per heavy atom. The molecule has 15 heteroatoms. The first-order chi connectivity index (χ1) is 18.5. The number of aromatic nitrogens is 3. The highest BCUT2D eigenvalue weighted by atomic mass is 31.2. The molecule has 1 unspecified atom stereocenters. The van der Waals surface area contributed by atoms with E-state index < -0.39 is 56.4 Å². The Morgan fingerprint density at radius 3 is 2.67 bits per heavy atom. The fourth-order valence-corrected chi connectivity index (χ4v) is 5.56. The summed E-state index contributed by atoms with van der Waals surface area (Å²) in [6, 6.07) is 11.9. The van der Waals surface area contributed by atoms with Crippen LogP contribution in [0.4, 0.5) is 5.82 Å². The number of hydrogen-bond acceptors (Lipinski definition) is 12. The van der Waals surface area contributed by atoms with Gasteiger partial charge in [0.05, 0.1) is 18.4 Å². The molecular formula is C24H29N6O8P. The molecule has 2 aromatic heterocycles. The van der Waals surface area contributed by atoms with Crippen LogP contribution < -0.4 is 15.3 Å². The molecule has 0 radical (unpaired) electrons. The van der Waals surface area contributed by atoms with Gasteiger partial charge in [-0.15, -0.1) is 0 Å². The van der Waals surface area contributed by atoms with E-state index in [0.717, 1.165) is 0 Å². The summed E-state index contributed by atoms with van der Waals surface area (Å²) in [4.78, 5) is 16.2. The van der Waals surface area contributed by atoms with Crippen LogP contribution >= 0.6 is 7.75 Å². The van der Waals surface area contributed by atoms with E-state index in [-0.39, 0.29) is 17.3 Å². The summed E-state index contributed by atoms with van der Waals surface area (Å²) >= 11 is 0. The van der Waals surface area contributed by atoms with Crippen LogP contribution in [0.1, 0.15) is 26.5 Å². The average Bonchev–Trinajstić information content (AvgIpc) is 3.44. The average molecular weight is 561 g/mol. The lowest BCUT2D eigenvalue weighted by Crippen LogP contribution is -2.41. The van der Waals surface area contributed by atoms with Crippen molar-refractivity contribution < 1.29 is 38.1 Å². The number of hydrogen-bond donors (Lipinski definition) is 4. The number of aliphatic hydroxyl groups excluding tert-OH is 2. The van der Waals surface area contributed by atoms with Crippen molar-refractivity contribution in [3.63, 3.8) is 0 Å². The molecule has 0 amide bonds. The van der Waals surface area contributed by atoms with Gasteiger partial charge in [-0.2, -0.15) is 15.4 Å². The van der Waals surface area contributed by atoms with Crippen molar-refractivity contribution in [2.45, 2.75) is 56.8 Å². The molecule has 1 aromatic carbocycles. The molecule has 3 heterocycles. The number of nitrogen functional groups attached to an aromatic ring is 1. The minimum Gasteiger partial charge on any atom is -0.462 e. The number of esters is 1. The van der Waals surface area contributed by atoms with E-state index in [1.165, 1.54) is 36.0 Å². The molecule has 1 saturated heterocycles. The van der Waals surface area contributed by atoms with Crippen LogP contribution in [0.5, 0.6) is 5.75 Å². The fraction of sp³-hybridized carbons (Fsp3) is 0.417. The SMILES string of the molecule is CC(C)OC(=O)[C@H](C)N[P@](=O)(OC[C@H]1O[C@@](C#N)(c2ccc3c(N)ncnn23)[C@@H](O)C1O)Oc1ccccc1. The zero-order chi connectivity index (χ0) is 28.4. The van der Waals surface area contributed by atoms with Gasteiger partial charge in [0.2, 0.25) is 5.60 Å². The lowest BCUT2D eigenvalue weighted by atomic mass is 9.92. The van der Waals surface area contributed by atoms with E-state index in [4.69, 9.17) is 24.3 Å². The molecule has 6 atom stereocenters. The zero-order valence-corrected chi connectivity index (χ0v) is 22.3. The number of aliphatic hydroxyl groups is 2. The summed E-state index contributed by atoms with van der Waals surface area (Å²) in [7, 11) is -4.30. The smallest absolute Gasteiger partial charge is 0.459 e. The van der Waals surface area contributed by atoms with Gasteiger partial charge in [-0.1, -0.05) is 18.2 Å². The molecule has 3 aromatic rings. The summed E-state index contributed by atoms with van der Waals surface area (Å²) in [5, 5.41) is 38.4. The number of nitriles is 1. The monoisotopic (exact) mass is 560 g/mol. The number of carbonyl (C=O) groups excluding carboxylic acids is 1. The first-order valence-electron chi connectivity index (χ1n) is 12.0. The van der Waals surface area contributed by atoms with Crippen LogP contribution in [-0.4, -0.2) is 67.8 Å². The third kappa shape index (κ3) is 5.74. The highest BCUT2D eigenvalue weighted by Crippen LogP contribution is 2.47. The molecule has 1 aliphatic heterocycles. The number of rotatable bonds is 10. The van der Waals surface area contributed by atoms with E-state index in [2.05, 4.69) is 15.2 Å². The largest absolute Gasteiger partial charge is 0.462 e. The van der Waals surface area contributed by atoms with Crippen molar-refractivity contribution in [2.24, 2.45) is 0 Å². The second-order valence-electron chi connectivity index (χ2n) is 9.13. The number of nitrogens with two attached hydrogens (primary N) is 1. The minimum atomic E-state index is -4.30. The standard InChI is InChI=1S/C24H29N6O8P/c1-14(2)36-23(33)15(3)29-39(34,38-16-7-5-4-6-8-16)35-11-18-20(31)21(32)24(12-25,37-18)19-10-9-17-22(26)27-13-28-30(17)19/h4-10,13-15,18,20-21,31-32H,11H2,1-3H3,(H,29,34)(H2,26,27,28)/t15-,18+,20?,21-,24-,39-/m0/s1. The maximum atomic E-state index is 13.7. The number of nitrogens with zero attached hydrogens (tertiary/aromatic N) is 4. The Balaban J connectivity index is 1.58. The van der Waals surface area contributed by atoms with Crippen molar-refractivity contribution in [3.05, 3.63) is 54.5 Å². The first kappa shape index (κ1) is 28.4. The van der Waals surface area contributed by atoms with Crippen LogP contribution in [0.15, 0.2) is 48.8 Å². The summed E-state index contributed by atoms with van der Waals surface area (Å²) < 4.78 is 37.2. The predicted octanol–water partition coefficient (Wildman–Crippen LogP) is 1.28. The number of nitrogens with one attached hydrogen (secondary N) is 1. The molecule has 4 rings (SSSR count). The lowest BCUT2D eigenvalue weighted by Gasteiger charge is -2.25. The third-order valence-corrected chi connectivity index (χ3v) is 7.57. The van der Waals surface area contributed by atoms with E-state index in [1.54, 1.807) is 38.1 Å². The number of benzene rings is 1. The van der Waals surface area contributed by atoms with E-state index in [0.29, 0.717) is 5.52 Å². The van der Waals surface area contributed by atoms with Gasteiger partial charge in [0.25, 0.3) is 0 Å². The molecule has 0 saturated carbocycles. The molecule has 1 fully saturated rings. The van der Waals surface area contributed by atoms with Crippen LogP contribution in [-0.2, 0) is 29.0 Å². The summed E-state index contributed by atoms with van der Waals surface area (Å²) in [5.74, 6) is -0.385. The molecule has 208 valence electrons. The lowest BCUT2D eigenvalue weighted by molar-refractivity contribution is -0.149. The Labute approximate surface area is 223 Å². The van der Waals surface area contributed by atoms with Crippen LogP contribution in [0, 0.1) is 11.3 Å². The number of para-hydroxylation sites is 1. The third-order valence-electron chi connectivity index (χ3n) is 5.92. The molecule has 0 bridgehead atoms. The maximum absolute atomic E-state index is 13.7. The number of fused-ring (bicyclic) bond motifs is 1. The van der Waals surface area contributed by atoms with Crippen molar-refractivity contribution in [1.82, 2.24) is 19.7 Å². The summed E-state index contributed by atoms with van der Waals surface area (Å²) in [6.45, 7) is 4.17. The molecular weight excluding hydrogens is 531 g/mol. The van der Waals surface area contributed by atoms with E-state index >= 15 is 0 Å². The highest BCUT2D eigenvalue weighted by Gasteiger charge is 2.58. The Morgan fingerprint density at radius 1 is 1.28 bits per heavy atom.